The summed E-state index contributed by atoms with van der Waals surface area (Å²) in [4.78, 5) is 5.33. The highest BCUT2D eigenvalue weighted by molar-refractivity contribution is 7.13. The van der Waals surface area contributed by atoms with Crippen LogP contribution in [0.1, 0.15) is 23.4 Å². The van der Waals surface area contributed by atoms with E-state index in [1.54, 1.807) is 28.4 Å². The number of nitrogens with zero attached hydrogens (tertiary/aromatic N) is 4. The average molecular weight is 338 g/mol. The number of rotatable bonds is 5. The van der Waals surface area contributed by atoms with E-state index in [-0.39, 0.29) is 0 Å². The van der Waals surface area contributed by atoms with Crippen molar-refractivity contribution >= 4 is 11.3 Å². The lowest BCUT2D eigenvalue weighted by atomic mass is 10.1. The van der Waals surface area contributed by atoms with Crippen LogP contribution < -0.4 is 0 Å². The van der Waals surface area contributed by atoms with Crippen molar-refractivity contribution in [1.29, 1.82) is 0 Å². The van der Waals surface area contributed by atoms with Crippen molar-refractivity contribution < 1.29 is 9.52 Å². The third-order valence-corrected chi connectivity index (χ3v) is 4.51. The Morgan fingerprint density at radius 1 is 1.17 bits per heavy atom. The summed E-state index contributed by atoms with van der Waals surface area (Å²) >= 11 is 1.60. The molecule has 1 atom stereocenters. The van der Waals surface area contributed by atoms with Crippen LogP contribution in [0, 0.1) is 0 Å². The van der Waals surface area contributed by atoms with E-state index in [1.165, 1.54) is 0 Å². The molecular weight excluding hydrogens is 324 g/mol. The maximum atomic E-state index is 10.5. The fourth-order valence-corrected chi connectivity index (χ4v) is 3.12. The third-order valence-electron chi connectivity index (χ3n) is 3.63. The summed E-state index contributed by atoms with van der Waals surface area (Å²) in [5.41, 5.74) is 0.762. The SMILES string of the molecule is O[C@@H](c1ccccc1)c1nncn1Cc1ncc(-c2cccs2)o1. The molecule has 0 bridgehead atoms. The Balaban J connectivity index is 1.57. The number of thiophene rings is 1. The Kier molecular flexibility index (Phi) is 3.94. The van der Waals surface area contributed by atoms with Crippen molar-refractivity contribution in [2.75, 3.05) is 0 Å². The second kappa shape index (κ2) is 6.38. The van der Waals surface area contributed by atoms with Crippen LogP contribution >= 0.6 is 11.3 Å². The van der Waals surface area contributed by atoms with Crippen LogP contribution in [0.4, 0.5) is 0 Å². The van der Waals surface area contributed by atoms with Gasteiger partial charge in [-0.15, -0.1) is 21.5 Å². The van der Waals surface area contributed by atoms with Gasteiger partial charge in [0.05, 0.1) is 11.1 Å². The standard InChI is InChI=1S/C17H14N4O2S/c22-16(12-5-2-1-3-6-12)17-20-19-11-21(17)10-15-18-9-13(23-15)14-7-4-8-24-14/h1-9,11,16,22H,10H2/t16-/m0/s1. The molecule has 0 aliphatic carbocycles. The summed E-state index contributed by atoms with van der Waals surface area (Å²) in [5.74, 6) is 1.73. The molecule has 0 radical (unpaired) electrons. The van der Waals surface area contributed by atoms with E-state index in [4.69, 9.17) is 4.42 Å². The minimum atomic E-state index is -0.847. The molecular formula is C17H14N4O2S. The van der Waals surface area contributed by atoms with Gasteiger partial charge in [0, 0.05) is 0 Å². The van der Waals surface area contributed by atoms with Crippen molar-refractivity contribution in [2.24, 2.45) is 0 Å². The Morgan fingerprint density at radius 3 is 2.83 bits per heavy atom. The van der Waals surface area contributed by atoms with Crippen LogP contribution in [0.15, 0.2) is 64.8 Å². The summed E-state index contributed by atoms with van der Waals surface area (Å²) in [7, 11) is 0. The molecule has 0 aliphatic heterocycles. The zero-order valence-corrected chi connectivity index (χ0v) is 13.4. The number of aliphatic hydroxyl groups excluding tert-OH is 1. The van der Waals surface area contributed by atoms with Gasteiger partial charge in [0.25, 0.3) is 0 Å². The quantitative estimate of drug-likeness (QED) is 0.605. The van der Waals surface area contributed by atoms with Crippen LogP contribution in [-0.2, 0) is 6.54 Å². The number of aliphatic hydroxyl groups is 1. The number of hydrogen-bond acceptors (Lipinski definition) is 6. The van der Waals surface area contributed by atoms with Crippen LogP contribution in [0.2, 0.25) is 0 Å². The predicted octanol–water partition coefficient (Wildman–Crippen LogP) is 3.12. The number of benzene rings is 1. The second-order valence-electron chi connectivity index (χ2n) is 5.23. The summed E-state index contributed by atoms with van der Waals surface area (Å²) in [6.45, 7) is 0.359. The third kappa shape index (κ3) is 2.86. The predicted molar refractivity (Wildman–Crippen MR) is 89.4 cm³/mol. The van der Waals surface area contributed by atoms with Gasteiger partial charge in [-0.3, -0.25) is 0 Å². The molecule has 3 heterocycles. The van der Waals surface area contributed by atoms with Crippen molar-refractivity contribution in [2.45, 2.75) is 12.6 Å². The van der Waals surface area contributed by atoms with Crippen molar-refractivity contribution in [1.82, 2.24) is 19.7 Å². The first kappa shape index (κ1) is 14.8. The van der Waals surface area contributed by atoms with Gasteiger partial charge in [0.1, 0.15) is 19.0 Å². The van der Waals surface area contributed by atoms with Gasteiger partial charge in [0.15, 0.2) is 11.6 Å². The zero-order valence-electron chi connectivity index (χ0n) is 12.6. The molecule has 4 rings (SSSR count). The molecule has 0 saturated carbocycles. The van der Waals surface area contributed by atoms with Crippen LogP contribution in [-0.4, -0.2) is 24.9 Å². The molecule has 0 fully saturated rings. The highest BCUT2D eigenvalue weighted by Crippen LogP contribution is 2.26. The monoisotopic (exact) mass is 338 g/mol. The van der Waals surface area contributed by atoms with Gasteiger partial charge >= 0.3 is 0 Å². The summed E-state index contributed by atoms with van der Waals surface area (Å²) in [5, 5.41) is 20.5. The molecule has 0 saturated heterocycles. The van der Waals surface area contributed by atoms with E-state index < -0.39 is 6.10 Å². The van der Waals surface area contributed by atoms with Crippen molar-refractivity contribution in [3.63, 3.8) is 0 Å². The Morgan fingerprint density at radius 2 is 2.04 bits per heavy atom. The van der Waals surface area contributed by atoms with Gasteiger partial charge in [-0.25, -0.2) is 4.98 Å². The van der Waals surface area contributed by atoms with E-state index in [1.807, 2.05) is 47.8 Å². The maximum Gasteiger partial charge on any atom is 0.215 e. The van der Waals surface area contributed by atoms with Crippen LogP contribution in [0.25, 0.3) is 10.6 Å². The van der Waals surface area contributed by atoms with E-state index in [2.05, 4.69) is 15.2 Å². The molecule has 0 unspecified atom stereocenters. The van der Waals surface area contributed by atoms with Gasteiger partial charge in [-0.05, 0) is 17.0 Å². The molecule has 7 heteroatoms. The summed E-state index contributed by atoms with van der Waals surface area (Å²) < 4.78 is 7.52. The van der Waals surface area contributed by atoms with Gasteiger partial charge < -0.3 is 14.1 Å². The highest BCUT2D eigenvalue weighted by Gasteiger charge is 2.18. The summed E-state index contributed by atoms with van der Waals surface area (Å²) in [6, 6.07) is 13.3. The minimum absolute atomic E-state index is 0.359. The highest BCUT2D eigenvalue weighted by atomic mass is 32.1. The number of aromatic nitrogens is 4. The molecule has 3 aromatic heterocycles. The van der Waals surface area contributed by atoms with Gasteiger partial charge in [0.2, 0.25) is 5.89 Å². The number of hydrogen-bond donors (Lipinski definition) is 1. The first-order valence-electron chi connectivity index (χ1n) is 7.40. The van der Waals surface area contributed by atoms with Crippen LogP contribution in [0.3, 0.4) is 0 Å². The lowest BCUT2D eigenvalue weighted by Crippen LogP contribution is -2.10. The molecule has 24 heavy (non-hydrogen) atoms. The van der Waals surface area contributed by atoms with E-state index in [0.29, 0.717) is 18.3 Å². The normalized spacial score (nSPS) is 12.4. The molecule has 1 N–H and O–H groups in total. The Hall–Kier alpha value is -2.77. The lowest BCUT2D eigenvalue weighted by molar-refractivity contribution is 0.204. The fourth-order valence-electron chi connectivity index (χ4n) is 2.44. The molecule has 0 aliphatic rings. The second-order valence-corrected chi connectivity index (χ2v) is 6.17. The average Bonchev–Trinajstić information content (AvgIpc) is 3.37. The first-order valence-corrected chi connectivity index (χ1v) is 8.28. The Bertz CT molecular complexity index is 915. The fraction of sp³-hybridized carbons (Fsp3) is 0.118. The molecule has 1 aromatic carbocycles. The van der Waals surface area contributed by atoms with Gasteiger partial charge in [-0.1, -0.05) is 36.4 Å². The molecule has 4 aromatic rings. The number of oxazole rings is 1. The summed E-state index contributed by atoms with van der Waals surface area (Å²) in [6.07, 6.45) is 2.43. The lowest BCUT2D eigenvalue weighted by Gasteiger charge is -2.11. The zero-order chi connectivity index (χ0) is 16.4. The minimum Gasteiger partial charge on any atom is -0.438 e. The topological polar surface area (TPSA) is 77.0 Å². The Labute approximate surface area is 142 Å². The molecule has 0 spiro atoms. The molecule has 6 nitrogen and oxygen atoms in total. The molecule has 120 valence electrons. The van der Waals surface area contributed by atoms with Crippen molar-refractivity contribution in [3.05, 3.63) is 77.6 Å². The van der Waals surface area contributed by atoms with E-state index in [9.17, 15) is 5.11 Å². The first-order chi connectivity index (χ1) is 11.8. The maximum absolute atomic E-state index is 10.5. The molecule has 0 amide bonds. The van der Waals surface area contributed by atoms with E-state index >= 15 is 0 Å². The largest absolute Gasteiger partial charge is 0.438 e. The van der Waals surface area contributed by atoms with E-state index in [0.717, 1.165) is 16.2 Å². The van der Waals surface area contributed by atoms with Crippen molar-refractivity contribution in [3.8, 4) is 10.6 Å². The van der Waals surface area contributed by atoms with Gasteiger partial charge in [-0.2, -0.15) is 0 Å². The smallest absolute Gasteiger partial charge is 0.215 e. The van der Waals surface area contributed by atoms with Crippen LogP contribution in [0.5, 0.6) is 0 Å².